The van der Waals surface area contributed by atoms with E-state index < -0.39 is 18.5 Å². The molecule has 27 heavy (non-hydrogen) atoms. The van der Waals surface area contributed by atoms with Gasteiger partial charge in [-0.15, -0.1) is 0 Å². The number of aromatic nitrogens is 3. The van der Waals surface area contributed by atoms with Crippen molar-refractivity contribution in [2.24, 2.45) is 0 Å². The Labute approximate surface area is 160 Å². The van der Waals surface area contributed by atoms with E-state index >= 15 is 0 Å². The van der Waals surface area contributed by atoms with Gasteiger partial charge in [-0.25, -0.2) is 9.48 Å². The summed E-state index contributed by atoms with van der Waals surface area (Å²) in [6.07, 6.45) is 0. The lowest BCUT2D eigenvalue weighted by Crippen LogP contribution is -2.21. The number of halogens is 1. The number of ether oxygens (including phenoxy) is 1. The zero-order valence-electron chi connectivity index (χ0n) is 14.7. The molecule has 0 aliphatic heterocycles. The van der Waals surface area contributed by atoms with Crippen molar-refractivity contribution in [3.8, 4) is 0 Å². The molecule has 0 spiro atoms. The Hall–Kier alpha value is -3.13. The van der Waals surface area contributed by atoms with Gasteiger partial charge in [0.1, 0.15) is 10.7 Å². The summed E-state index contributed by atoms with van der Waals surface area (Å²) in [5.41, 5.74) is 2.17. The first-order chi connectivity index (χ1) is 12.9. The Morgan fingerprint density at radius 2 is 2.00 bits per heavy atom. The predicted octanol–water partition coefficient (Wildman–Crippen LogP) is 2.99. The number of hydrogen-bond acceptors (Lipinski definition) is 6. The smallest absolute Gasteiger partial charge is 0.343 e. The Bertz CT molecular complexity index is 965. The fourth-order valence-corrected chi connectivity index (χ4v) is 2.76. The molecule has 0 radical (unpaired) electrons. The molecule has 1 amide bonds. The summed E-state index contributed by atoms with van der Waals surface area (Å²) >= 11 is 6.30. The minimum absolute atomic E-state index is 0.135. The molecular weight excluding hydrogens is 372 g/mol. The average Bonchev–Trinajstić information content (AvgIpc) is 3.16. The Balaban J connectivity index is 1.63. The third kappa shape index (κ3) is 4.53. The average molecular weight is 389 g/mol. The molecule has 0 aliphatic rings. The van der Waals surface area contributed by atoms with E-state index in [1.807, 2.05) is 30.3 Å². The molecule has 140 valence electrons. The van der Waals surface area contributed by atoms with Crippen LogP contribution in [0.4, 0.5) is 5.88 Å². The lowest BCUT2D eigenvalue weighted by atomic mass is 10.2. The zero-order valence-corrected chi connectivity index (χ0v) is 15.5. The quantitative estimate of drug-likeness (QED) is 0.652. The molecule has 0 fully saturated rings. The summed E-state index contributed by atoms with van der Waals surface area (Å²) in [6, 6.07) is 11.1. The van der Waals surface area contributed by atoms with Crippen molar-refractivity contribution in [2.45, 2.75) is 20.4 Å². The molecule has 2 heterocycles. The van der Waals surface area contributed by atoms with Gasteiger partial charge in [0.25, 0.3) is 5.91 Å². The van der Waals surface area contributed by atoms with Gasteiger partial charge >= 0.3 is 5.97 Å². The van der Waals surface area contributed by atoms with Gasteiger partial charge in [0.2, 0.25) is 5.88 Å². The van der Waals surface area contributed by atoms with Gasteiger partial charge in [-0.1, -0.05) is 47.1 Å². The number of benzene rings is 1. The van der Waals surface area contributed by atoms with Gasteiger partial charge < -0.3 is 9.26 Å². The monoisotopic (exact) mass is 388 g/mol. The molecule has 0 saturated heterocycles. The van der Waals surface area contributed by atoms with Crippen LogP contribution >= 0.6 is 11.6 Å². The molecule has 3 aromatic rings. The molecule has 0 atom stereocenters. The van der Waals surface area contributed by atoms with Crippen LogP contribution in [0.2, 0.25) is 5.15 Å². The number of nitrogens with one attached hydrogen (secondary N) is 1. The number of carbonyl (C=O) groups is 2. The fraction of sp³-hybridized carbons (Fsp3) is 0.222. The van der Waals surface area contributed by atoms with Crippen LogP contribution in [0.5, 0.6) is 0 Å². The zero-order chi connectivity index (χ0) is 19.4. The number of rotatable bonds is 6. The number of aryl methyl sites for hydroxylation is 2. The first-order valence-electron chi connectivity index (χ1n) is 8.11. The number of amides is 1. The summed E-state index contributed by atoms with van der Waals surface area (Å²) in [7, 11) is 0. The van der Waals surface area contributed by atoms with Crippen molar-refractivity contribution < 1.29 is 18.8 Å². The topological polar surface area (TPSA) is 99.2 Å². The van der Waals surface area contributed by atoms with Crippen LogP contribution in [0.15, 0.2) is 40.9 Å². The maximum atomic E-state index is 12.3. The van der Waals surface area contributed by atoms with Crippen LogP contribution in [0.1, 0.15) is 27.3 Å². The fourth-order valence-electron chi connectivity index (χ4n) is 2.45. The molecular formula is C18H17ClN4O4. The highest BCUT2D eigenvalue weighted by Gasteiger charge is 2.22. The second-order valence-corrected chi connectivity index (χ2v) is 6.21. The molecule has 0 unspecified atom stereocenters. The minimum Gasteiger partial charge on any atom is -0.452 e. The van der Waals surface area contributed by atoms with Crippen molar-refractivity contribution >= 4 is 29.4 Å². The number of esters is 1. The molecule has 8 nitrogen and oxygen atoms in total. The number of hydrogen-bond donors (Lipinski definition) is 1. The lowest BCUT2D eigenvalue weighted by molar-refractivity contribution is -0.119. The van der Waals surface area contributed by atoms with Gasteiger partial charge in [-0.05, 0) is 19.4 Å². The third-order valence-electron chi connectivity index (χ3n) is 3.67. The van der Waals surface area contributed by atoms with Crippen LogP contribution < -0.4 is 5.32 Å². The highest BCUT2D eigenvalue weighted by atomic mass is 35.5. The first-order valence-corrected chi connectivity index (χ1v) is 8.49. The number of anilines is 1. The summed E-state index contributed by atoms with van der Waals surface area (Å²) < 4.78 is 11.4. The summed E-state index contributed by atoms with van der Waals surface area (Å²) in [6.45, 7) is 3.30. The highest BCUT2D eigenvalue weighted by molar-refractivity contribution is 6.32. The van der Waals surface area contributed by atoms with Gasteiger partial charge in [-0.2, -0.15) is 5.10 Å². The maximum Gasteiger partial charge on any atom is 0.343 e. The van der Waals surface area contributed by atoms with E-state index in [9.17, 15) is 9.59 Å². The molecule has 0 aliphatic carbocycles. The number of nitrogens with zero attached hydrogens (tertiary/aromatic N) is 3. The van der Waals surface area contributed by atoms with Crippen molar-refractivity contribution in [3.05, 3.63) is 64.1 Å². The van der Waals surface area contributed by atoms with E-state index in [1.165, 1.54) is 4.68 Å². The van der Waals surface area contributed by atoms with Gasteiger partial charge in [0.15, 0.2) is 6.61 Å². The molecule has 1 N–H and O–H groups in total. The standard InChI is InChI=1S/C18H17ClN4O4/c1-11-8-15(27-22-11)20-14(24)10-26-18(25)16-12(2)21-23(17(16)19)9-13-6-4-3-5-7-13/h3-8H,9-10H2,1-2H3,(H,20,24). The molecule has 9 heteroatoms. The van der Waals surface area contributed by atoms with E-state index in [-0.39, 0.29) is 16.6 Å². The summed E-state index contributed by atoms with van der Waals surface area (Å²) in [5.74, 6) is -1.09. The first kappa shape index (κ1) is 18.7. The lowest BCUT2D eigenvalue weighted by Gasteiger charge is -2.05. The predicted molar refractivity (Wildman–Crippen MR) is 97.7 cm³/mol. The van der Waals surface area contributed by atoms with E-state index in [4.69, 9.17) is 20.9 Å². The Kier molecular flexibility index (Phi) is 5.56. The third-order valence-corrected chi connectivity index (χ3v) is 4.05. The van der Waals surface area contributed by atoms with E-state index in [1.54, 1.807) is 19.9 Å². The Morgan fingerprint density at radius 3 is 2.67 bits per heavy atom. The van der Waals surface area contributed by atoms with Crippen molar-refractivity contribution in [1.82, 2.24) is 14.9 Å². The summed E-state index contributed by atoms with van der Waals surface area (Å²) in [5, 5.41) is 10.5. The molecule has 1 aromatic carbocycles. The molecule has 2 aromatic heterocycles. The van der Waals surface area contributed by atoms with Crippen LogP contribution in [-0.4, -0.2) is 33.4 Å². The van der Waals surface area contributed by atoms with Crippen molar-refractivity contribution in [1.29, 1.82) is 0 Å². The highest BCUT2D eigenvalue weighted by Crippen LogP contribution is 2.22. The van der Waals surface area contributed by atoms with Crippen molar-refractivity contribution in [2.75, 3.05) is 11.9 Å². The maximum absolute atomic E-state index is 12.3. The normalized spacial score (nSPS) is 10.6. The van der Waals surface area contributed by atoms with Gasteiger partial charge in [-0.3, -0.25) is 10.1 Å². The minimum atomic E-state index is -0.722. The second kappa shape index (κ2) is 8.05. The molecule has 0 bridgehead atoms. The van der Waals surface area contributed by atoms with Crippen LogP contribution in [0, 0.1) is 13.8 Å². The van der Waals surface area contributed by atoms with Crippen molar-refractivity contribution in [3.63, 3.8) is 0 Å². The summed E-state index contributed by atoms with van der Waals surface area (Å²) in [4.78, 5) is 24.2. The van der Waals surface area contributed by atoms with Crippen LogP contribution in [-0.2, 0) is 16.1 Å². The van der Waals surface area contributed by atoms with Gasteiger partial charge in [0, 0.05) is 6.07 Å². The molecule has 3 rings (SSSR count). The largest absolute Gasteiger partial charge is 0.452 e. The molecule has 0 saturated carbocycles. The Morgan fingerprint density at radius 1 is 1.26 bits per heavy atom. The SMILES string of the molecule is Cc1cc(NC(=O)COC(=O)c2c(C)nn(Cc3ccccc3)c2Cl)on1. The van der Waals surface area contributed by atoms with Gasteiger partial charge in [0.05, 0.1) is 17.9 Å². The van der Waals surface area contributed by atoms with E-state index in [2.05, 4.69) is 15.6 Å². The number of carbonyl (C=O) groups excluding carboxylic acids is 2. The van der Waals surface area contributed by atoms with Crippen LogP contribution in [0.3, 0.4) is 0 Å². The second-order valence-electron chi connectivity index (χ2n) is 5.85. The van der Waals surface area contributed by atoms with Crippen LogP contribution in [0.25, 0.3) is 0 Å². The van der Waals surface area contributed by atoms with E-state index in [0.29, 0.717) is 17.9 Å². The van der Waals surface area contributed by atoms with E-state index in [0.717, 1.165) is 5.56 Å².